The van der Waals surface area contributed by atoms with Crippen LogP contribution in [0.5, 0.6) is 0 Å². The molecule has 1 saturated carbocycles. The Morgan fingerprint density at radius 1 is 1.40 bits per heavy atom. The molecule has 1 atom stereocenters. The summed E-state index contributed by atoms with van der Waals surface area (Å²) in [5.41, 5.74) is 0.937. The summed E-state index contributed by atoms with van der Waals surface area (Å²) in [5.74, 6) is 1.55. The van der Waals surface area contributed by atoms with Gasteiger partial charge >= 0.3 is 0 Å². The summed E-state index contributed by atoms with van der Waals surface area (Å²) in [6.45, 7) is 6.77. The molecule has 2 rings (SSSR count). The first-order valence-corrected chi connectivity index (χ1v) is 7.24. The molecule has 0 aromatic carbocycles. The molecule has 1 aliphatic carbocycles. The summed E-state index contributed by atoms with van der Waals surface area (Å²) in [6, 6.07) is 0.0725. The Morgan fingerprint density at radius 3 is 2.75 bits per heavy atom. The smallest absolute Gasteiger partial charge is 0.242 e. The van der Waals surface area contributed by atoms with Crippen LogP contribution in [0.3, 0.4) is 0 Å². The van der Waals surface area contributed by atoms with Gasteiger partial charge in [0.1, 0.15) is 24.0 Å². The van der Waals surface area contributed by atoms with E-state index >= 15 is 0 Å². The van der Waals surface area contributed by atoms with E-state index in [1.54, 1.807) is 0 Å². The van der Waals surface area contributed by atoms with Crippen molar-refractivity contribution in [2.24, 2.45) is 0 Å². The topological polar surface area (TPSA) is 78.9 Å². The SMILES string of the molecule is CCCNc1ncnc(NC(C)C(=O)NC2CC2)c1C. The van der Waals surface area contributed by atoms with Gasteiger partial charge in [-0.05, 0) is 33.1 Å². The van der Waals surface area contributed by atoms with E-state index < -0.39 is 0 Å². The number of carbonyl (C=O) groups excluding carboxylic acids is 1. The summed E-state index contributed by atoms with van der Waals surface area (Å²) in [6.07, 6.45) is 4.73. The molecule has 3 N–H and O–H groups in total. The van der Waals surface area contributed by atoms with E-state index in [9.17, 15) is 4.79 Å². The van der Waals surface area contributed by atoms with Gasteiger partial charge in [0.2, 0.25) is 5.91 Å². The maximum absolute atomic E-state index is 11.9. The van der Waals surface area contributed by atoms with Crippen LogP contribution in [0.2, 0.25) is 0 Å². The number of hydrogen-bond donors (Lipinski definition) is 3. The van der Waals surface area contributed by atoms with Crippen LogP contribution in [0.4, 0.5) is 11.6 Å². The first-order valence-electron chi connectivity index (χ1n) is 7.24. The Morgan fingerprint density at radius 2 is 2.10 bits per heavy atom. The number of amides is 1. The maximum Gasteiger partial charge on any atom is 0.242 e. The standard InChI is InChI=1S/C14H23N5O/c1-4-7-15-12-9(2)13(17-8-16-12)18-10(3)14(20)19-11-5-6-11/h8,10-11H,4-7H2,1-3H3,(H,19,20)(H2,15,16,17,18). The lowest BCUT2D eigenvalue weighted by Gasteiger charge is -2.17. The quantitative estimate of drug-likeness (QED) is 0.707. The fourth-order valence-corrected chi connectivity index (χ4v) is 1.84. The highest BCUT2D eigenvalue weighted by atomic mass is 16.2. The van der Waals surface area contributed by atoms with Crippen LogP contribution in [0.15, 0.2) is 6.33 Å². The summed E-state index contributed by atoms with van der Waals surface area (Å²) in [4.78, 5) is 20.4. The van der Waals surface area contributed by atoms with Crippen molar-refractivity contribution in [2.75, 3.05) is 17.2 Å². The fourth-order valence-electron chi connectivity index (χ4n) is 1.84. The first kappa shape index (κ1) is 14.6. The van der Waals surface area contributed by atoms with E-state index in [4.69, 9.17) is 0 Å². The fraction of sp³-hybridized carbons (Fsp3) is 0.643. The van der Waals surface area contributed by atoms with Crippen molar-refractivity contribution >= 4 is 17.5 Å². The number of nitrogens with one attached hydrogen (secondary N) is 3. The highest BCUT2D eigenvalue weighted by molar-refractivity contribution is 5.84. The number of rotatable bonds is 7. The lowest BCUT2D eigenvalue weighted by atomic mass is 10.2. The second kappa shape index (κ2) is 6.54. The van der Waals surface area contributed by atoms with Gasteiger partial charge in [-0.3, -0.25) is 4.79 Å². The summed E-state index contributed by atoms with van der Waals surface area (Å²) >= 11 is 0. The van der Waals surface area contributed by atoms with Crippen molar-refractivity contribution in [3.8, 4) is 0 Å². The molecule has 1 aromatic heterocycles. The number of anilines is 2. The van der Waals surface area contributed by atoms with Crippen LogP contribution in [-0.4, -0.2) is 34.5 Å². The van der Waals surface area contributed by atoms with Gasteiger partial charge in [0.15, 0.2) is 0 Å². The van der Waals surface area contributed by atoms with Gasteiger partial charge in [-0.25, -0.2) is 9.97 Å². The number of hydrogen-bond acceptors (Lipinski definition) is 5. The molecule has 20 heavy (non-hydrogen) atoms. The molecule has 0 radical (unpaired) electrons. The van der Waals surface area contributed by atoms with Crippen molar-refractivity contribution in [2.45, 2.75) is 52.1 Å². The van der Waals surface area contributed by atoms with E-state index in [0.29, 0.717) is 11.9 Å². The van der Waals surface area contributed by atoms with Gasteiger partial charge in [0, 0.05) is 18.2 Å². The predicted octanol–water partition coefficient (Wildman–Crippen LogP) is 1.69. The Bertz CT molecular complexity index is 473. The Balaban J connectivity index is 1.98. The van der Waals surface area contributed by atoms with Crippen LogP contribution < -0.4 is 16.0 Å². The van der Waals surface area contributed by atoms with Gasteiger partial charge in [-0.15, -0.1) is 0 Å². The lowest BCUT2D eigenvalue weighted by Crippen LogP contribution is -2.39. The summed E-state index contributed by atoms with van der Waals surface area (Å²) < 4.78 is 0. The van der Waals surface area contributed by atoms with Crippen LogP contribution >= 0.6 is 0 Å². The molecular weight excluding hydrogens is 254 g/mol. The van der Waals surface area contributed by atoms with E-state index in [1.807, 2.05) is 13.8 Å². The third kappa shape index (κ3) is 3.82. The van der Waals surface area contributed by atoms with Crippen LogP contribution in [-0.2, 0) is 4.79 Å². The molecule has 0 spiro atoms. The highest BCUT2D eigenvalue weighted by Crippen LogP contribution is 2.20. The van der Waals surface area contributed by atoms with Crippen molar-refractivity contribution in [1.82, 2.24) is 15.3 Å². The molecule has 0 saturated heterocycles. The van der Waals surface area contributed by atoms with Crippen LogP contribution in [0.25, 0.3) is 0 Å². The van der Waals surface area contributed by atoms with Gasteiger partial charge < -0.3 is 16.0 Å². The largest absolute Gasteiger partial charge is 0.370 e. The minimum Gasteiger partial charge on any atom is -0.370 e. The third-order valence-corrected chi connectivity index (χ3v) is 3.30. The van der Waals surface area contributed by atoms with Crippen molar-refractivity contribution in [3.63, 3.8) is 0 Å². The highest BCUT2D eigenvalue weighted by Gasteiger charge is 2.25. The molecule has 6 nitrogen and oxygen atoms in total. The number of carbonyl (C=O) groups is 1. The van der Waals surface area contributed by atoms with Crippen LogP contribution in [0.1, 0.15) is 38.7 Å². The summed E-state index contributed by atoms with van der Waals surface area (Å²) in [7, 11) is 0. The molecule has 1 aromatic rings. The van der Waals surface area contributed by atoms with Crippen molar-refractivity contribution < 1.29 is 4.79 Å². The van der Waals surface area contributed by atoms with E-state index in [1.165, 1.54) is 6.33 Å². The molecule has 1 unspecified atom stereocenters. The average molecular weight is 277 g/mol. The van der Waals surface area contributed by atoms with E-state index in [2.05, 4.69) is 32.8 Å². The zero-order valence-electron chi connectivity index (χ0n) is 12.4. The number of aromatic nitrogens is 2. The molecule has 1 fully saturated rings. The average Bonchev–Trinajstić information content (AvgIpc) is 3.23. The Kier molecular flexibility index (Phi) is 4.76. The minimum absolute atomic E-state index is 0.0218. The molecular formula is C14H23N5O. The third-order valence-electron chi connectivity index (χ3n) is 3.30. The Labute approximate surface area is 119 Å². The summed E-state index contributed by atoms with van der Waals surface area (Å²) in [5, 5.41) is 9.39. The van der Waals surface area contributed by atoms with Crippen LogP contribution in [0, 0.1) is 6.92 Å². The molecule has 0 aliphatic heterocycles. The zero-order chi connectivity index (χ0) is 14.5. The molecule has 1 heterocycles. The van der Waals surface area contributed by atoms with E-state index in [0.717, 1.165) is 37.2 Å². The Hall–Kier alpha value is -1.85. The molecule has 6 heteroatoms. The van der Waals surface area contributed by atoms with Gasteiger partial charge in [0.25, 0.3) is 0 Å². The monoisotopic (exact) mass is 277 g/mol. The van der Waals surface area contributed by atoms with E-state index in [-0.39, 0.29) is 11.9 Å². The normalized spacial score (nSPS) is 15.6. The predicted molar refractivity (Wildman–Crippen MR) is 79.8 cm³/mol. The van der Waals surface area contributed by atoms with Crippen molar-refractivity contribution in [1.29, 1.82) is 0 Å². The minimum atomic E-state index is -0.303. The zero-order valence-corrected chi connectivity index (χ0v) is 12.4. The molecule has 0 bridgehead atoms. The van der Waals surface area contributed by atoms with Crippen molar-refractivity contribution in [3.05, 3.63) is 11.9 Å². The first-order chi connectivity index (χ1) is 9.61. The molecule has 110 valence electrons. The second-order valence-electron chi connectivity index (χ2n) is 5.27. The lowest BCUT2D eigenvalue weighted by molar-refractivity contribution is -0.121. The second-order valence-corrected chi connectivity index (χ2v) is 5.27. The van der Waals surface area contributed by atoms with Gasteiger partial charge in [0.05, 0.1) is 0 Å². The molecule has 1 amide bonds. The molecule has 1 aliphatic rings. The number of nitrogens with zero attached hydrogens (tertiary/aromatic N) is 2. The van der Waals surface area contributed by atoms with Gasteiger partial charge in [-0.2, -0.15) is 0 Å². The maximum atomic E-state index is 11.9. The van der Waals surface area contributed by atoms with Gasteiger partial charge in [-0.1, -0.05) is 6.92 Å².